The van der Waals surface area contributed by atoms with Crippen molar-refractivity contribution in [2.45, 2.75) is 46.1 Å². The molecule has 0 atom stereocenters. The lowest BCUT2D eigenvalue weighted by atomic mass is 10.2. The molecule has 11 heteroatoms. The maximum absolute atomic E-state index is 14.5. The Morgan fingerprint density at radius 3 is 1.44 bits per heavy atom. The minimum Gasteiger partial charge on any atom is -0.203 e. The fraction of sp³-hybridized carbons (Fsp3) is 0.217. The van der Waals surface area contributed by atoms with Crippen LogP contribution in [0.1, 0.15) is 11.1 Å². The number of halogens is 6. The van der Waals surface area contributed by atoms with Gasteiger partial charge in [-0.05, 0) is 60.6 Å². The molecule has 0 saturated heterocycles. The molecular formula is C23H20F6O3S2. The molecule has 0 radical (unpaired) electrons. The van der Waals surface area contributed by atoms with Gasteiger partial charge in [0.25, 0.3) is 0 Å². The largest absolute Gasteiger partial charge is 0.438 e. The van der Waals surface area contributed by atoms with E-state index in [-0.39, 0.29) is 14.7 Å². The lowest BCUT2D eigenvalue weighted by Gasteiger charge is -2.40. The maximum atomic E-state index is 14.5. The van der Waals surface area contributed by atoms with Crippen molar-refractivity contribution in [1.29, 1.82) is 0 Å². The Labute approximate surface area is 195 Å². The maximum Gasteiger partial charge on any atom is 0.438 e. The number of alkyl halides is 6. The molecule has 0 bridgehead atoms. The van der Waals surface area contributed by atoms with Crippen molar-refractivity contribution in [2.75, 3.05) is 0 Å². The van der Waals surface area contributed by atoms with Crippen LogP contribution in [0.25, 0.3) is 0 Å². The van der Waals surface area contributed by atoms with Crippen molar-refractivity contribution in [3.8, 4) is 0 Å². The van der Waals surface area contributed by atoms with Gasteiger partial charge in [-0.25, -0.2) is 12.4 Å². The number of aryl methyl sites for hydroxylation is 2. The highest BCUT2D eigenvalue weighted by Crippen LogP contribution is 2.71. The second kappa shape index (κ2) is 9.27. The Morgan fingerprint density at radius 2 is 1.06 bits per heavy atom. The van der Waals surface area contributed by atoms with Crippen molar-refractivity contribution in [3.05, 3.63) is 90.0 Å². The molecule has 0 aliphatic heterocycles. The second-order valence-electron chi connectivity index (χ2n) is 7.46. The monoisotopic (exact) mass is 522 g/mol. The van der Waals surface area contributed by atoms with Crippen LogP contribution in [0, 0.1) is 13.8 Å². The molecule has 3 nitrogen and oxygen atoms in total. The van der Waals surface area contributed by atoms with Crippen LogP contribution in [-0.2, 0) is 13.7 Å². The topological polar surface area (TPSA) is 43.4 Å². The summed E-state index contributed by atoms with van der Waals surface area (Å²) in [5, 5.41) is -6.21. The van der Waals surface area contributed by atoms with E-state index in [0.29, 0.717) is 0 Å². The van der Waals surface area contributed by atoms with Gasteiger partial charge in [-0.2, -0.15) is 26.0 Å². The van der Waals surface area contributed by atoms with Gasteiger partial charge >= 0.3 is 27.7 Å². The number of benzene rings is 3. The molecular weight excluding hydrogens is 502 g/mol. The van der Waals surface area contributed by atoms with E-state index in [1.165, 1.54) is 48.5 Å². The molecule has 0 amide bonds. The van der Waals surface area contributed by atoms with Gasteiger partial charge in [0.1, 0.15) is 0 Å². The van der Waals surface area contributed by atoms with Crippen LogP contribution < -0.4 is 0 Å². The number of hydrogen-bond acceptors (Lipinski definition) is 3. The zero-order valence-electron chi connectivity index (χ0n) is 17.9. The first-order valence-corrected chi connectivity index (χ1v) is 12.7. The SMILES string of the molecule is Cc1ccc(S(OS(=O)(=O)C(F)(F)C(F)(F)C(F)F)(c2ccccc2)c2ccc(C)cc2)cc1. The Hall–Kier alpha value is -2.50. The van der Waals surface area contributed by atoms with E-state index in [4.69, 9.17) is 3.63 Å². The first kappa shape index (κ1) is 26.1. The minimum absolute atomic E-state index is 0.0856. The molecule has 0 aliphatic rings. The summed E-state index contributed by atoms with van der Waals surface area (Å²) in [5.41, 5.74) is 1.48. The summed E-state index contributed by atoms with van der Waals surface area (Å²) in [7, 11) is -10.3. The van der Waals surface area contributed by atoms with Crippen LogP contribution in [0.4, 0.5) is 26.3 Å². The van der Waals surface area contributed by atoms with Gasteiger partial charge in [-0.15, -0.1) is 0 Å². The molecule has 3 aromatic rings. The van der Waals surface area contributed by atoms with Crippen LogP contribution in [0.3, 0.4) is 0 Å². The van der Waals surface area contributed by atoms with Crippen molar-refractivity contribution < 1.29 is 38.4 Å². The minimum atomic E-state index is -6.61. The summed E-state index contributed by atoms with van der Waals surface area (Å²) in [6, 6.07) is 19.3. The van der Waals surface area contributed by atoms with Crippen molar-refractivity contribution >= 4 is 20.4 Å². The molecule has 0 fully saturated rings. The van der Waals surface area contributed by atoms with E-state index >= 15 is 0 Å². The smallest absolute Gasteiger partial charge is 0.203 e. The normalized spacial score (nSPS) is 13.8. The summed E-state index contributed by atoms with van der Waals surface area (Å²) >= 11 is 0. The zero-order valence-corrected chi connectivity index (χ0v) is 19.5. The van der Waals surface area contributed by atoms with Gasteiger partial charge in [0.15, 0.2) is 0 Å². The third-order valence-corrected chi connectivity index (χ3v) is 10.2. The van der Waals surface area contributed by atoms with Crippen LogP contribution in [0.5, 0.6) is 0 Å². The molecule has 0 saturated carbocycles. The predicted molar refractivity (Wildman–Crippen MR) is 117 cm³/mol. The lowest BCUT2D eigenvalue weighted by Crippen LogP contribution is -2.52. The van der Waals surface area contributed by atoms with E-state index in [1.807, 2.05) is 0 Å². The molecule has 34 heavy (non-hydrogen) atoms. The summed E-state index contributed by atoms with van der Waals surface area (Å²) < 4.78 is 113. The average molecular weight is 523 g/mol. The van der Waals surface area contributed by atoms with E-state index in [0.717, 1.165) is 11.1 Å². The van der Waals surface area contributed by atoms with Crippen LogP contribution in [0.15, 0.2) is 93.5 Å². The van der Waals surface area contributed by atoms with Gasteiger partial charge in [-0.1, -0.05) is 53.6 Å². The van der Waals surface area contributed by atoms with Crippen molar-refractivity contribution in [3.63, 3.8) is 0 Å². The van der Waals surface area contributed by atoms with E-state index < -0.39 is 38.0 Å². The van der Waals surface area contributed by atoms with E-state index in [2.05, 4.69) is 0 Å². The second-order valence-corrected chi connectivity index (χ2v) is 11.9. The van der Waals surface area contributed by atoms with Crippen LogP contribution in [-0.4, -0.2) is 26.0 Å². The third kappa shape index (κ3) is 4.44. The molecule has 0 unspecified atom stereocenters. The first-order chi connectivity index (χ1) is 15.8. The van der Waals surface area contributed by atoms with E-state index in [9.17, 15) is 34.8 Å². The molecule has 0 N–H and O–H groups in total. The summed E-state index contributed by atoms with van der Waals surface area (Å²) in [6.07, 6.45) is -4.94. The van der Waals surface area contributed by atoms with Gasteiger partial charge in [-0.3, -0.25) is 0 Å². The van der Waals surface area contributed by atoms with Gasteiger partial charge in [0.2, 0.25) is 0 Å². The fourth-order valence-electron chi connectivity index (χ4n) is 3.07. The highest BCUT2D eigenvalue weighted by molar-refractivity contribution is 8.33. The fourth-order valence-corrected chi connectivity index (χ4v) is 8.25. The highest BCUT2D eigenvalue weighted by Gasteiger charge is 2.72. The molecule has 0 heterocycles. The molecule has 0 aromatic heterocycles. The summed E-state index contributed by atoms with van der Waals surface area (Å²) in [6.45, 7) is 3.45. The van der Waals surface area contributed by atoms with Crippen LogP contribution >= 0.6 is 10.3 Å². The molecule has 0 aliphatic carbocycles. The highest BCUT2D eigenvalue weighted by atomic mass is 32.3. The third-order valence-electron chi connectivity index (χ3n) is 4.95. The predicted octanol–water partition coefficient (Wildman–Crippen LogP) is 7.34. The molecule has 184 valence electrons. The number of hydrogen-bond donors (Lipinski definition) is 0. The van der Waals surface area contributed by atoms with Crippen LogP contribution in [0.2, 0.25) is 0 Å². The molecule has 3 rings (SSSR count). The van der Waals surface area contributed by atoms with E-state index in [1.54, 1.807) is 44.2 Å². The van der Waals surface area contributed by atoms with Gasteiger partial charge < -0.3 is 0 Å². The quantitative estimate of drug-likeness (QED) is 0.291. The zero-order chi connectivity index (χ0) is 25.4. The molecule has 0 spiro atoms. The Kier molecular flexibility index (Phi) is 7.12. The lowest BCUT2D eigenvalue weighted by molar-refractivity contribution is -0.227. The average Bonchev–Trinajstić information content (AvgIpc) is 2.79. The van der Waals surface area contributed by atoms with Crippen molar-refractivity contribution in [1.82, 2.24) is 0 Å². The first-order valence-electron chi connectivity index (χ1n) is 9.77. The summed E-state index contributed by atoms with van der Waals surface area (Å²) in [5.74, 6) is -6.19. The van der Waals surface area contributed by atoms with Gasteiger partial charge in [0, 0.05) is 14.7 Å². The summed E-state index contributed by atoms with van der Waals surface area (Å²) in [4.78, 5) is 0.267. The number of rotatable bonds is 8. The standard InChI is InChI=1S/C23H20F6O3S2/c1-16-8-12-19(13-9-16)33(18-6-4-3-5-7-18,20-14-10-17(2)11-15-20)32-34(30,31)23(28,29)22(26,27)21(24)25/h3-15,21H,1-2H3. The van der Waals surface area contributed by atoms with Gasteiger partial charge in [0.05, 0.1) is 0 Å². The van der Waals surface area contributed by atoms with Crippen molar-refractivity contribution in [2.24, 2.45) is 0 Å². The Balaban J connectivity index is 2.37. The Bertz CT molecular complexity index is 1180. The molecule has 3 aromatic carbocycles. The Morgan fingerprint density at radius 1 is 0.676 bits per heavy atom.